The second kappa shape index (κ2) is 8.10. The van der Waals surface area contributed by atoms with Crippen LogP contribution in [-0.2, 0) is 19.1 Å². The molecule has 2 N–H and O–H groups in total. The van der Waals surface area contributed by atoms with Crippen molar-refractivity contribution in [2.24, 2.45) is 23.7 Å². The fraction of sp³-hybridized carbons (Fsp3) is 0.826. The highest BCUT2D eigenvalue weighted by Gasteiger charge is 2.52. The van der Waals surface area contributed by atoms with E-state index >= 15 is 0 Å². The van der Waals surface area contributed by atoms with Gasteiger partial charge in [0.2, 0.25) is 0 Å². The first-order valence-electron chi connectivity index (χ1n) is 11.7. The Hall–Kier alpha value is -2.12. The van der Waals surface area contributed by atoms with Crippen LogP contribution in [0.5, 0.6) is 0 Å². The Kier molecular flexibility index (Phi) is 5.77. The first-order valence-corrected chi connectivity index (χ1v) is 11.7. The predicted octanol–water partition coefficient (Wildman–Crippen LogP) is 2.36. The van der Waals surface area contributed by atoms with E-state index in [2.05, 4.69) is 10.6 Å². The quantitative estimate of drug-likeness (QED) is 0.452. The minimum atomic E-state index is -1.00. The van der Waals surface area contributed by atoms with Gasteiger partial charge in [-0.2, -0.15) is 0 Å². The van der Waals surface area contributed by atoms with Gasteiger partial charge >= 0.3 is 12.0 Å². The van der Waals surface area contributed by atoms with Crippen LogP contribution in [0, 0.1) is 23.7 Å². The van der Waals surface area contributed by atoms with Gasteiger partial charge in [-0.1, -0.05) is 13.8 Å². The van der Waals surface area contributed by atoms with E-state index in [0.29, 0.717) is 30.1 Å². The average molecular weight is 434 g/mol. The molecule has 0 aromatic carbocycles. The Morgan fingerprint density at radius 2 is 1.71 bits per heavy atom. The molecule has 5 fully saturated rings. The van der Waals surface area contributed by atoms with E-state index in [4.69, 9.17) is 4.74 Å². The molecular weight excluding hydrogens is 398 g/mol. The molecular formula is C23H35N3O5. The van der Waals surface area contributed by atoms with Crippen LogP contribution in [-0.4, -0.2) is 52.9 Å². The number of amides is 4. The molecule has 8 nitrogen and oxygen atoms in total. The molecule has 0 aromatic heterocycles. The first kappa shape index (κ1) is 22.1. The Morgan fingerprint density at radius 1 is 1.13 bits per heavy atom. The van der Waals surface area contributed by atoms with Gasteiger partial charge in [0.05, 0.1) is 0 Å². The molecule has 4 amide bonds. The monoisotopic (exact) mass is 433 g/mol. The van der Waals surface area contributed by atoms with E-state index < -0.39 is 30.0 Å². The molecule has 1 heterocycles. The summed E-state index contributed by atoms with van der Waals surface area (Å²) in [6.07, 6.45) is 8.21. The van der Waals surface area contributed by atoms with Gasteiger partial charge in [0.25, 0.3) is 11.8 Å². The van der Waals surface area contributed by atoms with E-state index in [-0.39, 0.29) is 18.1 Å². The third kappa shape index (κ3) is 4.58. The fourth-order valence-electron chi connectivity index (χ4n) is 6.55. The largest absolute Gasteiger partial charge is 0.454 e. The predicted molar refractivity (Wildman–Crippen MR) is 113 cm³/mol. The van der Waals surface area contributed by atoms with Crippen molar-refractivity contribution >= 4 is 23.8 Å². The molecule has 0 spiro atoms. The Labute approximate surface area is 183 Å². The lowest BCUT2D eigenvalue weighted by Gasteiger charge is -2.56. The zero-order valence-corrected chi connectivity index (χ0v) is 18.9. The Morgan fingerprint density at radius 3 is 2.26 bits per heavy atom. The topological polar surface area (TPSA) is 105 Å². The number of urea groups is 1. The third-order valence-electron chi connectivity index (χ3n) is 7.66. The standard InChI is InChI=1S/C23H35N3O5/c1-14(2)4-5-22(3)20(29)26(21(30)25-22)12-19(28)31-13-18(27)24-23-9-15-6-16(10-23)8-17(7-15)11-23/h14-17H,4-13H2,1-3H3,(H,24,27)(H,25,30)/t15?,16?,17?,22-,23?/m1/s1. The normalized spacial score (nSPS) is 36.1. The number of hydrogen-bond donors (Lipinski definition) is 2. The van der Waals surface area contributed by atoms with Crippen molar-refractivity contribution in [2.75, 3.05) is 13.2 Å². The fourth-order valence-corrected chi connectivity index (χ4v) is 6.55. The molecule has 31 heavy (non-hydrogen) atoms. The number of ether oxygens (including phenoxy) is 1. The number of rotatable bonds is 8. The summed E-state index contributed by atoms with van der Waals surface area (Å²) in [6, 6.07) is -0.591. The summed E-state index contributed by atoms with van der Waals surface area (Å²) in [7, 11) is 0. The molecule has 0 unspecified atom stereocenters. The third-order valence-corrected chi connectivity index (χ3v) is 7.66. The smallest absolute Gasteiger partial charge is 0.326 e. The van der Waals surface area contributed by atoms with Crippen molar-refractivity contribution in [3.63, 3.8) is 0 Å². The van der Waals surface area contributed by atoms with Gasteiger partial charge in [0, 0.05) is 5.54 Å². The number of carbonyl (C=O) groups excluding carboxylic acids is 4. The summed E-state index contributed by atoms with van der Waals surface area (Å²) in [5.41, 5.74) is -1.14. The highest BCUT2D eigenvalue weighted by molar-refractivity contribution is 6.08. The van der Waals surface area contributed by atoms with E-state index in [1.807, 2.05) is 13.8 Å². The molecule has 4 saturated carbocycles. The molecule has 172 valence electrons. The second-order valence-corrected chi connectivity index (χ2v) is 11.0. The summed E-state index contributed by atoms with van der Waals surface area (Å²) in [4.78, 5) is 50.6. The number of imide groups is 1. The summed E-state index contributed by atoms with van der Waals surface area (Å²) < 4.78 is 5.12. The zero-order valence-electron chi connectivity index (χ0n) is 18.9. The van der Waals surface area contributed by atoms with Gasteiger partial charge in [0.15, 0.2) is 6.61 Å². The maximum atomic E-state index is 12.7. The van der Waals surface area contributed by atoms with E-state index in [1.54, 1.807) is 6.92 Å². The number of carbonyl (C=O) groups is 4. The van der Waals surface area contributed by atoms with Crippen LogP contribution in [0.3, 0.4) is 0 Å². The van der Waals surface area contributed by atoms with E-state index in [0.717, 1.165) is 30.6 Å². The minimum absolute atomic E-state index is 0.138. The van der Waals surface area contributed by atoms with Crippen molar-refractivity contribution in [1.82, 2.24) is 15.5 Å². The lowest BCUT2D eigenvalue weighted by atomic mass is 9.53. The number of nitrogens with one attached hydrogen (secondary N) is 2. The van der Waals surface area contributed by atoms with Gasteiger partial charge in [-0.15, -0.1) is 0 Å². The highest BCUT2D eigenvalue weighted by Crippen LogP contribution is 2.55. The van der Waals surface area contributed by atoms with Crippen LogP contribution < -0.4 is 10.6 Å². The summed E-state index contributed by atoms with van der Waals surface area (Å²) in [6.45, 7) is 4.92. The number of nitrogens with zero attached hydrogens (tertiary/aromatic N) is 1. The van der Waals surface area contributed by atoms with Crippen molar-refractivity contribution in [3.05, 3.63) is 0 Å². The Balaban J connectivity index is 1.25. The second-order valence-electron chi connectivity index (χ2n) is 11.0. The van der Waals surface area contributed by atoms with Gasteiger partial charge < -0.3 is 15.4 Å². The molecule has 1 saturated heterocycles. The Bertz CT molecular complexity index is 744. The number of esters is 1. The van der Waals surface area contributed by atoms with Gasteiger partial charge in [-0.05, 0) is 82.0 Å². The van der Waals surface area contributed by atoms with Gasteiger partial charge in [0.1, 0.15) is 12.1 Å². The minimum Gasteiger partial charge on any atom is -0.454 e. The average Bonchev–Trinajstić information content (AvgIpc) is 2.87. The SMILES string of the molecule is CC(C)CC[C@@]1(C)NC(=O)N(CC(=O)OCC(=O)NC23CC4CC(CC(C4)C2)C3)C1=O. The van der Waals surface area contributed by atoms with Crippen LogP contribution in [0.4, 0.5) is 4.79 Å². The zero-order chi connectivity index (χ0) is 22.4. The molecule has 1 atom stereocenters. The molecule has 0 aromatic rings. The molecule has 0 radical (unpaired) electrons. The van der Waals surface area contributed by atoms with Crippen LogP contribution in [0.15, 0.2) is 0 Å². The summed E-state index contributed by atoms with van der Waals surface area (Å²) in [5, 5.41) is 5.85. The van der Waals surface area contributed by atoms with Crippen LogP contribution in [0.25, 0.3) is 0 Å². The van der Waals surface area contributed by atoms with E-state index in [1.165, 1.54) is 19.3 Å². The molecule has 5 aliphatic rings. The molecule has 4 aliphatic carbocycles. The first-order chi connectivity index (χ1) is 14.6. The van der Waals surface area contributed by atoms with Crippen molar-refractivity contribution in [1.29, 1.82) is 0 Å². The van der Waals surface area contributed by atoms with Crippen molar-refractivity contribution in [2.45, 2.75) is 83.2 Å². The lowest BCUT2D eigenvalue weighted by molar-refractivity contribution is -0.152. The van der Waals surface area contributed by atoms with Gasteiger partial charge in [-0.25, -0.2) is 4.79 Å². The highest BCUT2D eigenvalue weighted by atomic mass is 16.5. The van der Waals surface area contributed by atoms with Crippen molar-refractivity contribution in [3.8, 4) is 0 Å². The molecule has 8 heteroatoms. The molecule has 5 rings (SSSR count). The summed E-state index contributed by atoms with van der Waals surface area (Å²) >= 11 is 0. The number of hydrogen-bond acceptors (Lipinski definition) is 5. The van der Waals surface area contributed by atoms with E-state index in [9.17, 15) is 19.2 Å². The van der Waals surface area contributed by atoms with Crippen molar-refractivity contribution < 1.29 is 23.9 Å². The summed E-state index contributed by atoms with van der Waals surface area (Å²) in [5.74, 6) is 1.05. The maximum absolute atomic E-state index is 12.7. The maximum Gasteiger partial charge on any atom is 0.326 e. The van der Waals surface area contributed by atoms with Crippen LogP contribution >= 0.6 is 0 Å². The van der Waals surface area contributed by atoms with Gasteiger partial charge in [-0.3, -0.25) is 19.3 Å². The molecule has 4 bridgehead atoms. The lowest BCUT2D eigenvalue weighted by Crippen LogP contribution is -2.60. The molecule has 1 aliphatic heterocycles. The van der Waals surface area contributed by atoms with Crippen LogP contribution in [0.1, 0.15) is 72.1 Å². The van der Waals surface area contributed by atoms with Crippen LogP contribution in [0.2, 0.25) is 0 Å².